The maximum absolute atomic E-state index is 4.82. The Morgan fingerprint density at radius 2 is 1.52 bits per heavy atom. The second kappa shape index (κ2) is 12.5. The van der Waals surface area contributed by atoms with Crippen LogP contribution in [0.1, 0.15) is 53.4 Å². The Kier molecular flexibility index (Phi) is 12.5. The zero-order valence-corrected chi connectivity index (χ0v) is 16.7. The van der Waals surface area contributed by atoms with Gasteiger partial charge in [0.05, 0.1) is 6.54 Å². The summed E-state index contributed by atoms with van der Waals surface area (Å²) in [5.41, 5.74) is 0. The molecule has 0 aromatic carbocycles. The van der Waals surface area contributed by atoms with Crippen LogP contribution in [0.2, 0.25) is 0 Å². The van der Waals surface area contributed by atoms with Crippen molar-refractivity contribution < 1.29 is 0 Å². The predicted molar refractivity (Wildman–Crippen MR) is 104 cm³/mol. The molecule has 2 N–H and O–H groups in total. The molecule has 1 rings (SSSR count). The summed E-state index contributed by atoms with van der Waals surface area (Å²) in [5, 5.41) is 6.65. The molecule has 1 saturated heterocycles. The van der Waals surface area contributed by atoms with E-state index in [0.717, 1.165) is 31.5 Å². The smallest absolute Gasteiger partial charge is 0.191 e. The van der Waals surface area contributed by atoms with Gasteiger partial charge < -0.3 is 10.6 Å². The van der Waals surface area contributed by atoms with Crippen molar-refractivity contribution in [3.8, 4) is 0 Å². The fraction of sp³-hybridized carbons (Fsp3) is 0.938. The summed E-state index contributed by atoms with van der Waals surface area (Å²) in [4.78, 5) is 7.48. The van der Waals surface area contributed by atoms with Crippen LogP contribution in [-0.2, 0) is 0 Å². The molecule has 1 fully saturated rings. The number of hydrogen-bond acceptors (Lipinski definition) is 2. The summed E-state index contributed by atoms with van der Waals surface area (Å²) >= 11 is 0. The number of hydrogen-bond donors (Lipinski definition) is 2. The third-order valence-corrected chi connectivity index (χ3v) is 4.33. The molecular formula is C16H35IN4. The first-order valence-electron chi connectivity index (χ1n) is 8.52. The van der Waals surface area contributed by atoms with E-state index in [-0.39, 0.29) is 24.0 Å². The largest absolute Gasteiger partial charge is 0.357 e. The van der Waals surface area contributed by atoms with Gasteiger partial charge in [-0.2, -0.15) is 0 Å². The summed E-state index contributed by atoms with van der Waals surface area (Å²) in [6.07, 6.45) is 5.22. The summed E-state index contributed by atoms with van der Waals surface area (Å²) in [5.74, 6) is 1.73. The Hall–Kier alpha value is -0.0400. The lowest BCUT2D eigenvalue weighted by Crippen LogP contribution is -2.43. The number of aliphatic imine (C=N–C) groups is 1. The zero-order valence-electron chi connectivity index (χ0n) is 14.3. The van der Waals surface area contributed by atoms with E-state index in [0.29, 0.717) is 6.04 Å². The number of nitrogens with zero attached hydrogens (tertiary/aromatic N) is 2. The Morgan fingerprint density at radius 1 is 1.00 bits per heavy atom. The third kappa shape index (κ3) is 7.17. The second-order valence-electron chi connectivity index (χ2n) is 5.64. The Labute approximate surface area is 148 Å². The predicted octanol–water partition coefficient (Wildman–Crippen LogP) is 3.08. The van der Waals surface area contributed by atoms with E-state index in [9.17, 15) is 0 Å². The first-order valence-corrected chi connectivity index (χ1v) is 8.52. The summed E-state index contributed by atoms with van der Waals surface area (Å²) < 4.78 is 0. The van der Waals surface area contributed by atoms with Gasteiger partial charge in [-0.1, -0.05) is 26.7 Å². The van der Waals surface area contributed by atoms with Gasteiger partial charge >= 0.3 is 0 Å². The molecule has 126 valence electrons. The maximum atomic E-state index is 4.82. The van der Waals surface area contributed by atoms with Crippen LogP contribution >= 0.6 is 24.0 Å². The van der Waals surface area contributed by atoms with Gasteiger partial charge in [-0.25, -0.2) is 0 Å². The average Bonchev–Trinajstić information content (AvgIpc) is 2.97. The fourth-order valence-corrected chi connectivity index (χ4v) is 3.16. The first kappa shape index (κ1) is 21.0. The van der Waals surface area contributed by atoms with Crippen molar-refractivity contribution in [2.75, 3.05) is 32.7 Å². The highest BCUT2D eigenvalue weighted by Gasteiger charge is 2.27. The van der Waals surface area contributed by atoms with E-state index in [1.54, 1.807) is 0 Å². The fourth-order valence-electron chi connectivity index (χ4n) is 3.16. The van der Waals surface area contributed by atoms with Crippen LogP contribution in [0.25, 0.3) is 0 Å². The maximum Gasteiger partial charge on any atom is 0.191 e. The lowest BCUT2D eigenvalue weighted by atomic mass is 9.93. The van der Waals surface area contributed by atoms with Gasteiger partial charge in [-0.05, 0) is 45.7 Å². The average molecular weight is 410 g/mol. The number of nitrogens with one attached hydrogen (secondary N) is 2. The molecule has 0 aromatic heterocycles. The number of rotatable bonds is 8. The van der Waals surface area contributed by atoms with Crippen LogP contribution in [0, 0.1) is 5.92 Å². The molecule has 0 radical (unpaired) electrons. The SMILES string of the molecule is CCNC(=NCC(C(CC)CC)N1CCCC1)NCC.I. The molecule has 21 heavy (non-hydrogen) atoms. The molecule has 0 aliphatic carbocycles. The molecular weight excluding hydrogens is 375 g/mol. The molecule has 0 amide bonds. The van der Waals surface area contributed by atoms with Gasteiger partial charge in [0.15, 0.2) is 5.96 Å². The Bertz CT molecular complexity index is 263. The Balaban J connectivity index is 0.00000400. The molecule has 1 aliphatic rings. The summed E-state index contributed by atoms with van der Waals surface area (Å²) in [6.45, 7) is 14.1. The van der Waals surface area contributed by atoms with Crippen molar-refractivity contribution in [1.82, 2.24) is 15.5 Å². The van der Waals surface area contributed by atoms with Crippen molar-refractivity contribution >= 4 is 29.9 Å². The summed E-state index contributed by atoms with van der Waals surface area (Å²) in [6, 6.07) is 0.611. The van der Waals surface area contributed by atoms with Crippen LogP contribution < -0.4 is 10.6 Å². The van der Waals surface area contributed by atoms with Crippen molar-refractivity contribution in [3.63, 3.8) is 0 Å². The molecule has 0 bridgehead atoms. The van der Waals surface area contributed by atoms with E-state index in [4.69, 9.17) is 4.99 Å². The highest BCUT2D eigenvalue weighted by molar-refractivity contribution is 14.0. The molecule has 0 aromatic rings. The van der Waals surface area contributed by atoms with Crippen LogP contribution in [0.15, 0.2) is 4.99 Å². The molecule has 1 unspecified atom stereocenters. The van der Waals surface area contributed by atoms with E-state index in [1.165, 1.54) is 38.8 Å². The highest BCUT2D eigenvalue weighted by atomic mass is 127. The quantitative estimate of drug-likeness (QED) is 0.367. The lowest BCUT2D eigenvalue weighted by Gasteiger charge is -2.32. The normalized spacial score (nSPS) is 16.4. The van der Waals surface area contributed by atoms with E-state index in [1.807, 2.05) is 0 Å². The van der Waals surface area contributed by atoms with E-state index < -0.39 is 0 Å². The molecule has 0 saturated carbocycles. The second-order valence-corrected chi connectivity index (χ2v) is 5.64. The van der Waals surface area contributed by atoms with E-state index >= 15 is 0 Å². The Morgan fingerprint density at radius 3 is 1.95 bits per heavy atom. The number of likely N-dealkylation sites (tertiary alicyclic amines) is 1. The monoisotopic (exact) mass is 410 g/mol. The molecule has 1 heterocycles. The topological polar surface area (TPSA) is 39.7 Å². The molecule has 5 heteroatoms. The minimum atomic E-state index is 0. The van der Waals surface area contributed by atoms with Gasteiger partial charge in [0.2, 0.25) is 0 Å². The van der Waals surface area contributed by atoms with Crippen LogP contribution in [-0.4, -0.2) is 49.6 Å². The van der Waals surface area contributed by atoms with Crippen LogP contribution in [0.4, 0.5) is 0 Å². The van der Waals surface area contributed by atoms with Crippen molar-refractivity contribution in [3.05, 3.63) is 0 Å². The van der Waals surface area contributed by atoms with Crippen molar-refractivity contribution in [1.29, 1.82) is 0 Å². The van der Waals surface area contributed by atoms with Gasteiger partial charge in [0, 0.05) is 19.1 Å². The van der Waals surface area contributed by atoms with Gasteiger partial charge in [-0.15, -0.1) is 24.0 Å². The van der Waals surface area contributed by atoms with Gasteiger partial charge in [0.25, 0.3) is 0 Å². The lowest BCUT2D eigenvalue weighted by molar-refractivity contribution is 0.172. The molecule has 0 spiro atoms. The zero-order chi connectivity index (χ0) is 14.8. The highest BCUT2D eigenvalue weighted by Crippen LogP contribution is 2.23. The minimum absolute atomic E-state index is 0. The van der Waals surface area contributed by atoms with Crippen molar-refractivity contribution in [2.24, 2.45) is 10.9 Å². The number of guanidine groups is 1. The van der Waals surface area contributed by atoms with Crippen LogP contribution in [0.3, 0.4) is 0 Å². The number of halogens is 1. The first-order chi connectivity index (χ1) is 9.76. The third-order valence-electron chi connectivity index (χ3n) is 4.33. The molecule has 4 nitrogen and oxygen atoms in total. The van der Waals surface area contributed by atoms with E-state index in [2.05, 4.69) is 43.2 Å². The standard InChI is InChI=1S/C16H34N4.HI/c1-5-14(6-2)15(20-11-9-10-12-20)13-19-16(17-7-3)18-8-4;/h14-15H,5-13H2,1-4H3,(H2,17,18,19);1H. The summed E-state index contributed by atoms with van der Waals surface area (Å²) in [7, 11) is 0. The molecule has 1 aliphatic heterocycles. The molecule has 1 atom stereocenters. The van der Waals surface area contributed by atoms with Gasteiger partial charge in [0.1, 0.15) is 0 Å². The van der Waals surface area contributed by atoms with Crippen LogP contribution in [0.5, 0.6) is 0 Å². The minimum Gasteiger partial charge on any atom is -0.357 e. The van der Waals surface area contributed by atoms with Gasteiger partial charge in [-0.3, -0.25) is 9.89 Å². The van der Waals surface area contributed by atoms with Crippen molar-refractivity contribution in [2.45, 2.75) is 59.4 Å².